The van der Waals surface area contributed by atoms with E-state index in [9.17, 15) is 30.4 Å². The van der Waals surface area contributed by atoms with Crippen molar-refractivity contribution in [2.24, 2.45) is 10.9 Å². The van der Waals surface area contributed by atoms with Crippen molar-refractivity contribution in [3.63, 3.8) is 0 Å². The molecule has 0 atom stereocenters. The van der Waals surface area contributed by atoms with Gasteiger partial charge in [0.1, 0.15) is 4.90 Å². The molecule has 1 aromatic heterocycles. The van der Waals surface area contributed by atoms with E-state index in [4.69, 9.17) is 5.73 Å². The fraction of sp³-hybridized carbons (Fsp3) is 0.375. The van der Waals surface area contributed by atoms with Crippen molar-refractivity contribution in [2.45, 2.75) is 24.2 Å². The van der Waals surface area contributed by atoms with Gasteiger partial charge in [0.15, 0.2) is 5.75 Å². The summed E-state index contributed by atoms with van der Waals surface area (Å²) in [6, 6.07) is 0. The highest BCUT2D eigenvalue weighted by molar-refractivity contribution is 7.89. The van der Waals surface area contributed by atoms with Gasteiger partial charge in [-0.2, -0.15) is 0 Å². The molecule has 6 nitrogen and oxygen atoms in total. The van der Waals surface area contributed by atoms with Gasteiger partial charge in [-0.3, -0.25) is 4.98 Å². The zero-order valence-corrected chi connectivity index (χ0v) is 10.3. The summed E-state index contributed by atoms with van der Waals surface area (Å²) in [5.41, 5.74) is 3.10. The molecule has 0 spiro atoms. The van der Waals surface area contributed by atoms with Crippen LogP contribution >= 0.6 is 0 Å². The number of rotatable bonds is 4. The first-order valence-electron chi connectivity index (χ1n) is 4.76. The standard InChI is InChI=1S/C8H8F5N3O3S/c9-7(10)3-2-16-4(1-14)5(19-8(11,12)13)6(3)20(15,17)18/h2,7H,1,14H2,(H2,15,17,18). The SMILES string of the molecule is NCc1ncc(C(F)F)c(S(N)(=O)=O)c1OC(F)(F)F. The fourth-order valence-electron chi connectivity index (χ4n) is 1.34. The summed E-state index contributed by atoms with van der Waals surface area (Å²) < 4.78 is 88.1. The quantitative estimate of drug-likeness (QED) is 0.805. The molecule has 12 heteroatoms. The van der Waals surface area contributed by atoms with Crippen molar-refractivity contribution in [1.29, 1.82) is 0 Å². The Hall–Kier alpha value is -1.53. The summed E-state index contributed by atoms with van der Waals surface area (Å²) in [5.74, 6) is -1.44. The molecule has 0 aromatic carbocycles. The van der Waals surface area contributed by atoms with E-state index in [1.807, 2.05) is 0 Å². The maximum atomic E-state index is 12.7. The third-order valence-corrected chi connectivity index (χ3v) is 3.01. The molecule has 0 unspecified atom stereocenters. The topological polar surface area (TPSA) is 108 Å². The molecule has 0 saturated heterocycles. The van der Waals surface area contributed by atoms with Gasteiger partial charge >= 0.3 is 6.36 Å². The molecular formula is C8H8F5N3O3S. The zero-order valence-electron chi connectivity index (χ0n) is 9.49. The molecule has 0 fully saturated rings. The number of hydrogen-bond acceptors (Lipinski definition) is 5. The van der Waals surface area contributed by atoms with E-state index >= 15 is 0 Å². The number of nitrogens with zero attached hydrogens (tertiary/aromatic N) is 1. The van der Waals surface area contributed by atoms with E-state index in [0.29, 0.717) is 6.20 Å². The summed E-state index contributed by atoms with van der Waals surface area (Å²) in [5, 5.41) is 4.66. The Kier molecular flexibility index (Phi) is 4.51. The van der Waals surface area contributed by atoms with E-state index in [-0.39, 0.29) is 0 Å². The number of halogens is 5. The van der Waals surface area contributed by atoms with E-state index in [1.54, 1.807) is 0 Å². The number of ether oxygens (including phenoxy) is 1. The van der Waals surface area contributed by atoms with Crippen LogP contribution in [0.5, 0.6) is 5.75 Å². The van der Waals surface area contributed by atoms with Crippen LogP contribution in [0.4, 0.5) is 22.0 Å². The van der Waals surface area contributed by atoms with Crippen LogP contribution in [0.2, 0.25) is 0 Å². The van der Waals surface area contributed by atoms with Gasteiger partial charge in [-0.25, -0.2) is 22.3 Å². The Morgan fingerprint density at radius 1 is 1.35 bits per heavy atom. The molecule has 0 bridgehead atoms. The van der Waals surface area contributed by atoms with Crippen LogP contribution in [0.1, 0.15) is 17.7 Å². The first-order chi connectivity index (χ1) is 8.97. The van der Waals surface area contributed by atoms with Gasteiger partial charge < -0.3 is 10.5 Å². The molecule has 0 aliphatic carbocycles. The number of primary sulfonamides is 1. The molecule has 0 aliphatic heterocycles. The van der Waals surface area contributed by atoms with Crippen molar-refractivity contribution in [2.75, 3.05) is 0 Å². The Labute approximate surface area is 109 Å². The molecule has 0 saturated carbocycles. The second-order valence-corrected chi connectivity index (χ2v) is 4.91. The van der Waals surface area contributed by atoms with Crippen LogP contribution < -0.4 is 15.6 Å². The van der Waals surface area contributed by atoms with Crippen LogP contribution in [0.25, 0.3) is 0 Å². The molecule has 0 aliphatic rings. The van der Waals surface area contributed by atoms with Gasteiger partial charge in [-0.05, 0) is 0 Å². The van der Waals surface area contributed by atoms with Crippen LogP contribution in [-0.4, -0.2) is 19.8 Å². The Morgan fingerprint density at radius 2 is 1.90 bits per heavy atom. The third-order valence-electron chi connectivity index (χ3n) is 2.02. The van der Waals surface area contributed by atoms with Crippen molar-refractivity contribution >= 4 is 10.0 Å². The van der Waals surface area contributed by atoms with Crippen LogP contribution in [-0.2, 0) is 16.6 Å². The normalized spacial score (nSPS) is 12.8. The highest BCUT2D eigenvalue weighted by atomic mass is 32.2. The van der Waals surface area contributed by atoms with E-state index in [0.717, 1.165) is 0 Å². The van der Waals surface area contributed by atoms with E-state index in [1.165, 1.54) is 0 Å². The van der Waals surface area contributed by atoms with Gasteiger partial charge in [0.25, 0.3) is 6.43 Å². The van der Waals surface area contributed by atoms with Crippen LogP contribution in [0, 0.1) is 0 Å². The molecule has 0 radical (unpaired) electrons. The first-order valence-corrected chi connectivity index (χ1v) is 6.30. The summed E-state index contributed by atoms with van der Waals surface area (Å²) in [7, 11) is -4.91. The molecule has 20 heavy (non-hydrogen) atoms. The van der Waals surface area contributed by atoms with E-state index in [2.05, 4.69) is 14.9 Å². The summed E-state index contributed by atoms with van der Waals surface area (Å²) in [4.78, 5) is 1.74. The van der Waals surface area contributed by atoms with Gasteiger partial charge in [-0.1, -0.05) is 0 Å². The third kappa shape index (κ3) is 3.74. The average molecular weight is 321 g/mol. The zero-order chi connectivity index (χ0) is 15.7. The maximum Gasteiger partial charge on any atom is 0.573 e. The number of pyridine rings is 1. The lowest BCUT2D eigenvalue weighted by molar-refractivity contribution is -0.276. The minimum absolute atomic E-state index is 0.385. The van der Waals surface area contributed by atoms with E-state index < -0.39 is 51.3 Å². The number of sulfonamides is 1. The predicted octanol–water partition coefficient (Wildman–Crippen LogP) is 1.02. The van der Waals surface area contributed by atoms with Gasteiger partial charge in [0.2, 0.25) is 10.0 Å². The first kappa shape index (κ1) is 16.5. The molecule has 0 amide bonds. The molecule has 114 valence electrons. The summed E-state index contributed by atoms with van der Waals surface area (Å²) in [6.07, 6.45) is -8.36. The number of nitrogens with two attached hydrogens (primary N) is 2. The molecule has 1 aromatic rings. The Morgan fingerprint density at radius 3 is 2.25 bits per heavy atom. The average Bonchev–Trinajstić information content (AvgIpc) is 2.24. The highest BCUT2D eigenvalue weighted by Crippen LogP contribution is 2.37. The molecule has 4 N–H and O–H groups in total. The number of alkyl halides is 5. The van der Waals surface area contributed by atoms with Crippen molar-refractivity contribution in [3.05, 3.63) is 17.5 Å². The molecule has 1 heterocycles. The maximum absolute atomic E-state index is 12.7. The molecular weight excluding hydrogens is 313 g/mol. The van der Waals surface area contributed by atoms with Gasteiger partial charge in [0.05, 0.1) is 11.3 Å². The largest absolute Gasteiger partial charge is 0.573 e. The minimum Gasteiger partial charge on any atom is -0.402 e. The fourth-order valence-corrected chi connectivity index (χ4v) is 2.23. The monoisotopic (exact) mass is 321 g/mol. The van der Waals surface area contributed by atoms with Crippen LogP contribution in [0.3, 0.4) is 0 Å². The number of aromatic nitrogens is 1. The minimum atomic E-state index is -5.33. The lowest BCUT2D eigenvalue weighted by atomic mass is 10.2. The Bertz CT molecular complexity index is 602. The Balaban J connectivity index is 3.70. The van der Waals surface area contributed by atoms with Crippen molar-refractivity contribution in [1.82, 2.24) is 4.98 Å². The smallest absolute Gasteiger partial charge is 0.402 e. The number of hydrogen-bond donors (Lipinski definition) is 2. The van der Waals surface area contributed by atoms with Crippen molar-refractivity contribution < 1.29 is 35.1 Å². The second kappa shape index (κ2) is 5.46. The lowest BCUT2D eigenvalue weighted by Gasteiger charge is -2.17. The predicted molar refractivity (Wildman–Crippen MR) is 55.1 cm³/mol. The summed E-state index contributed by atoms with van der Waals surface area (Å²) >= 11 is 0. The molecule has 1 rings (SSSR count). The van der Waals surface area contributed by atoms with Crippen molar-refractivity contribution in [3.8, 4) is 5.75 Å². The van der Waals surface area contributed by atoms with Gasteiger partial charge in [0, 0.05) is 12.7 Å². The lowest BCUT2D eigenvalue weighted by Crippen LogP contribution is -2.24. The van der Waals surface area contributed by atoms with Gasteiger partial charge in [-0.15, -0.1) is 13.2 Å². The highest BCUT2D eigenvalue weighted by Gasteiger charge is 2.37. The van der Waals surface area contributed by atoms with Crippen LogP contribution in [0.15, 0.2) is 11.1 Å². The second-order valence-electron chi connectivity index (χ2n) is 3.42. The summed E-state index contributed by atoms with van der Waals surface area (Å²) in [6.45, 7) is -0.669.